The molecule has 0 unspecified atom stereocenters. The Hall–Kier alpha value is -4.15. The molecule has 0 bridgehead atoms. The van der Waals surface area contributed by atoms with Gasteiger partial charge in [0.05, 0.1) is 17.8 Å². The highest BCUT2D eigenvalue weighted by Crippen LogP contribution is 2.58. The molecule has 2 saturated carbocycles. The van der Waals surface area contributed by atoms with E-state index in [0.717, 1.165) is 12.8 Å². The topological polar surface area (TPSA) is 91.6 Å². The Balaban J connectivity index is 1.54. The van der Waals surface area contributed by atoms with Crippen molar-refractivity contribution in [1.82, 2.24) is 19.9 Å². The van der Waals surface area contributed by atoms with Crippen molar-refractivity contribution < 1.29 is 27.5 Å². The second-order valence-corrected chi connectivity index (χ2v) is 10.6. The van der Waals surface area contributed by atoms with Gasteiger partial charge in [-0.3, -0.25) is 4.79 Å². The number of benzene rings is 2. The number of rotatable bonds is 8. The lowest BCUT2D eigenvalue weighted by atomic mass is 9.85. The number of carbonyl (C=O) groups is 1. The van der Waals surface area contributed by atoms with Gasteiger partial charge in [-0.05, 0) is 68.0 Å². The Bertz CT molecular complexity index is 1620. The van der Waals surface area contributed by atoms with Gasteiger partial charge in [0.15, 0.2) is 5.65 Å². The van der Waals surface area contributed by atoms with Crippen LogP contribution in [0.1, 0.15) is 59.3 Å². The Morgan fingerprint density at radius 1 is 1.18 bits per heavy atom. The van der Waals surface area contributed by atoms with Gasteiger partial charge in [0, 0.05) is 47.1 Å². The molecular formula is C29H27F4N5O2. The predicted molar refractivity (Wildman–Crippen MR) is 141 cm³/mol. The third-order valence-corrected chi connectivity index (χ3v) is 7.60. The number of fused-ring (bicyclic) bond motifs is 1. The van der Waals surface area contributed by atoms with Gasteiger partial charge in [-0.15, -0.1) is 0 Å². The van der Waals surface area contributed by atoms with Gasteiger partial charge >= 0.3 is 6.18 Å². The minimum Gasteiger partial charge on any atom is -0.508 e. The first-order valence-electron chi connectivity index (χ1n) is 13.1. The van der Waals surface area contributed by atoms with Crippen LogP contribution in [-0.4, -0.2) is 44.4 Å². The lowest BCUT2D eigenvalue weighted by molar-refractivity contribution is -0.131. The summed E-state index contributed by atoms with van der Waals surface area (Å²) in [6.07, 6.45) is 0.657. The number of halogens is 4. The fraction of sp³-hybridized carbons (Fsp3) is 0.345. The van der Waals surface area contributed by atoms with Crippen LogP contribution in [0.5, 0.6) is 5.75 Å². The number of nitrogens with zero attached hydrogens (tertiary/aromatic N) is 3. The number of carbonyl (C=O) groups excluding carboxylic acids is 1. The number of nitrogens with one attached hydrogen (secondary N) is 2. The van der Waals surface area contributed by atoms with E-state index in [-0.39, 0.29) is 17.7 Å². The van der Waals surface area contributed by atoms with Gasteiger partial charge in [0.2, 0.25) is 0 Å². The van der Waals surface area contributed by atoms with Crippen LogP contribution in [-0.2, 0) is 5.41 Å². The molecule has 1 amide bonds. The molecule has 2 fully saturated rings. The van der Waals surface area contributed by atoms with Crippen molar-refractivity contribution >= 4 is 17.2 Å². The van der Waals surface area contributed by atoms with Gasteiger partial charge in [-0.1, -0.05) is 12.1 Å². The lowest BCUT2D eigenvalue weighted by Crippen LogP contribution is -2.26. The molecule has 2 heterocycles. The fourth-order valence-electron chi connectivity index (χ4n) is 5.27. The Morgan fingerprint density at radius 3 is 2.62 bits per heavy atom. The molecule has 0 radical (unpaired) electrons. The highest BCUT2D eigenvalue weighted by Gasteiger charge is 2.51. The molecule has 0 spiro atoms. The highest BCUT2D eigenvalue weighted by atomic mass is 19.4. The fourth-order valence-corrected chi connectivity index (χ4v) is 5.27. The Morgan fingerprint density at radius 2 is 1.95 bits per heavy atom. The molecule has 40 heavy (non-hydrogen) atoms. The second-order valence-electron chi connectivity index (χ2n) is 10.6. The van der Waals surface area contributed by atoms with Gasteiger partial charge in [-0.2, -0.15) is 18.3 Å². The SMILES string of the molecule is Cc1cc(-c2c(C3(c4cc(F)ccc4O)CC3)nn3ccnc3c2NCCC(F)(F)F)ccc1C(=O)NC1CC1. The third-order valence-electron chi connectivity index (χ3n) is 7.60. The summed E-state index contributed by atoms with van der Waals surface area (Å²) < 4.78 is 55.2. The Labute approximate surface area is 227 Å². The van der Waals surface area contributed by atoms with E-state index in [1.807, 2.05) is 0 Å². The molecule has 0 aliphatic heterocycles. The number of aromatic hydroxyl groups is 1. The lowest BCUT2D eigenvalue weighted by Gasteiger charge is -2.24. The van der Waals surface area contributed by atoms with E-state index in [1.165, 1.54) is 28.9 Å². The minimum atomic E-state index is -4.37. The molecule has 2 aliphatic rings. The number of phenols is 1. The Kier molecular flexibility index (Phi) is 6.19. The molecule has 0 atom stereocenters. The first-order valence-corrected chi connectivity index (χ1v) is 13.1. The van der Waals surface area contributed by atoms with E-state index < -0.39 is 30.4 Å². The van der Waals surface area contributed by atoms with Gasteiger partial charge in [0.25, 0.3) is 5.91 Å². The van der Waals surface area contributed by atoms with Crippen LogP contribution in [0.25, 0.3) is 16.8 Å². The van der Waals surface area contributed by atoms with Crippen LogP contribution in [0, 0.1) is 12.7 Å². The average Bonchev–Trinajstić information content (AvgIpc) is 3.82. The number of imidazole rings is 1. The first kappa shape index (κ1) is 26.1. The summed E-state index contributed by atoms with van der Waals surface area (Å²) in [5.41, 5.74) is 2.94. The minimum absolute atomic E-state index is 0.0905. The van der Waals surface area contributed by atoms with Crippen LogP contribution in [0.2, 0.25) is 0 Å². The van der Waals surface area contributed by atoms with Crippen molar-refractivity contribution in [2.45, 2.75) is 56.7 Å². The number of aryl methyl sites for hydroxylation is 1. The van der Waals surface area contributed by atoms with Gasteiger partial charge in [0.1, 0.15) is 11.6 Å². The molecule has 7 nitrogen and oxygen atoms in total. The highest BCUT2D eigenvalue weighted by molar-refractivity contribution is 5.97. The average molecular weight is 554 g/mol. The zero-order chi connectivity index (χ0) is 28.2. The van der Waals surface area contributed by atoms with Crippen LogP contribution in [0.3, 0.4) is 0 Å². The molecule has 2 aliphatic carbocycles. The molecule has 11 heteroatoms. The van der Waals surface area contributed by atoms with E-state index in [4.69, 9.17) is 5.10 Å². The molecule has 4 aromatic rings. The molecule has 2 aromatic carbocycles. The summed E-state index contributed by atoms with van der Waals surface area (Å²) in [7, 11) is 0. The van der Waals surface area contributed by atoms with Crippen LogP contribution >= 0.6 is 0 Å². The second kappa shape index (κ2) is 9.50. The zero-order valence-electron chi connectivity index (χ0n) is 21.6. The quantitative estimate of drug-likeness (QED) is 0.237. The summed E-state index contributed by atoms with van der Waals surface area (Å²) in [5, 5.41) is 21.5. The van der Waals surface area contributed by atoms with Crippen molar-refractivity contribution in [2.24, 2.45) is 0 Å². The summed E-state index contributed by atoms with van der Waals surface area (Å²) in [5.74, 6) is -0.789. The maximum absolute atomic E-state index is 14.4. The van der Waals surface area contributed by atoms with Crippen molar-refractivity contribution in [2.75, 3.05) is 11.9 Å². The molecule has 2 aromatic heterocycles. The number of phenolic OH excluding ortho intramolecular Hbond substituents is 1. The summed E-state index contributed by atoms with van der Waals surface area (Å²) >= 11 is 0. The molecule has 3 N–H and O–H groups in total. The summed E-state index contributed by atoms with van der Waals surface area (Å²) in [6.45, 7) is 1.40. The number of hydrogen-bond donors (Lipinski definition) is 3. The van der Waals surface area contributed by atoms with E-state index in [1.54, 1.807) is 31.3 Å². The maximum Gasteiger partial charge on any atom is 0.390 e. The molecular weight excluding hydrogens is 526 g/mol. The largest absolute Gasteiger partial charge is 0.508 e. The summed E-state index contributed by atoms with van der Waals surface area (Å²) in [4.78, 5) is 17.1. The smallest absolute Gasteiger partial charge is 0.390 e. The number of anilines is 1. The monoisotopic (exact) mass is 553 g/mol. The normalized spacial score (nSPS) is 16.2. The number of alkyl halides is 3. The third kappa shape index (κ3) is 4.84. The zero-order valence-corrected chi connectivity index (χ0v) is 21.6. The maximum atomic E-state index is 14.4. The van der Waals surface area contributed by atoms with Crippen molar-refractivity contribution in [3.8, 4) is 16.9 Å². The number of hydrogen-bond acceptors (Lipinski definition) is 5. The molecule has 208 valence electrons. The van der Waals surface area contributed by atoms with Gasteiger partial charge < -0.3 is 15.7 Å². The van der Waals surface area contributed by atoms with E-state index in [9.17, 15) is 27.5 Å². The van der Waals surface area contributed by atoms with Crippen LogP contribution < -0.4 is 10.6 Å². The number of aromatic nitrogens is 3. The number of amides is 1. The van der Waals surface area contributed by atoms with Crippen molar-refractivity contribution in [1.29, 1.82) is 0 Å². The van der Waals surface area contributed by atoms with Gasteiger partial charge in [-0.25, -0.2) is 13.9 Å². The molecule has 0 saturated heterocycles. The van der Waals surface area contributed by atoms with E-state index in [2.05, 4.69) is 15.6 Å². The van der Waals surface area contributed by atoms with Crippen molar-refractivity contribution in [3.63, 3.8) is 0 Å². The van der Waals surface area contributed by atoms with Crippen molar-refractivity contribution in [3.05, 3.63) is 77.0 Å². The molecule has 6 rings (SSSR count). The standard InChI is InChI=1S/C29H27F4N5O2/c1-16-14-17(2-6-20(16)27(40)36-19-4-5-19)23-24(34-11-10-29(31,32)33)26-35-12-13-38(26)37-25(23)28(8-9-28)21-15-18(30)3-7-22(21)39/h2-3,6-7,12-15,19,34,39H,4-5,8-11H2,1H3,(H,36,40). The van der Waals surface area contributed by atoms with E-state index in [0.29, 0.717) is 57.7 Å². The van der Waals surface area contributed by atoms with Crippen LogP contribution in [0.15, 0.2) is 48.8 Å². The summed E-state index contributed by atoms with van der Waals surface area (Å²) in [6, 6.07) is 9.16. The van der Waals surface area contributed by atoms with Crippen LogP contribution in [0.4, 0.5) is 23.2 Å². The first-order chi connectivity index (χ1) is 19.1. The van der Waals surface area contributed by atoms with E-state index >= 15 is 0 Å². The predicted octanol–water partition coefficient (Wildman–Crippen LogP) is 5.89.